The first-order chi connectivity index (χ1) is 31.5. The molecule has 7 atom stereocenters. The Morgan fingerprint density at radius 1 is 0.877 bits per heavy atom. The molecular weight excluding hydrogens is 827 g/mol. The summed E-state index contributed by atoms with van der Waals surface area (Å²) in [5.74, 6) is 1.81. The van der Waals surface area contributed by atoms with Crippen molar-refractivity contribution in [1.29, 1.82) is 0 Å². The fraction of sp³-hybridized carbons (Fsp3) is 0.440. The smallest absolute Gasteiger partial charge is 0.407 e. The molecule has 9 rings (SSSR count). The molecule has 2 aromatic heterocycles. The number of aromatic amines is 2. The molecule has 0 spiro atoms. The SMILES string of the molecule is COC[C@H]1C[C@@H](c2nc3c([nH]2)-c2cc4c(cc2CC3)-c2ccc(-c3cnc([C@@H]5CC[C@H](C)C5C(=O)[C@@H](NC(=O)OC)C(C)C)[nH]3)cc2CO4)N(C(=O)[C@H](NC(=O)OC)c2ccccc2)C1. The van der Waals surface area contributed by atoms with Crippen LogP contribution in [0.15, 0.2) is 66.9 Å². The van der Waals surface area contributed by atoms with E-state index >= 15 is 0 Å². The number of fused-ring (bicyclic) bond motifs is 6. The van der Waals surface area contributed by atoms with Crippen molar-refractivity contribution in [3.05, 3.63) is 101 Å². The van der Waals surface area contributed by atoms with Gasteiger partial charge < -0.3 is 44.4 Å². The van der Waals surface area contributed by atoms with Gasteiger partial charge in [-0.2, -0.15) is 0 Å². The number of hydrogen-bond acceptors (Lipinski definition) is 10. The number of rotatable bonds is 12. The molecule has 3 aromatic carbocycles. The number of alkyl carbamates (subject to hydrolysis) is 2. The summed E-state index contributed by atoms with van der Waals surface area (Å²) in [5.41, 5.74) is 9.81. The van der Waals surface area contributed by atoms with Crippen molar-refractivity contribution in [2.24, 2.45) is 23.7 Å². The molecule has 15 nitrogen and oxygen atoms in total. The molecule has 3 amide bonds. The minimum atomic E-state index is -0.940. The molecule has 340 valence electrons. The summed E-state index contributed by atoms with van der Waals surface area (Å²) in [6, 6.07) is 18.0. The summed E-state index contributed by atoms with van der Waals surface area (Å²) >= 11 is 0. The van der Waals surface area contributed by atoms with Gasteiger partial charge in [0.05, 0.1) is 56.2 Å². The number of carbonyl (C=O) groups is 4. The Bertz CT molecular complexity index is 2600. The van der Waals surface area contributed by atoms with Gasteiger partial charge in [0.1, 0.15) is 30.0 Å². The number of Topliss-reactive ketones (excluding diaryl/α,β-unsaturated/α-hetero) is 1. The van der Waals surface area contributed by atoms with Gasteiger partial charge in [-0.1, -0.05) is 63.2 Å². The number of ether oxygens (including phenoxy) is 4. The summed E-state index contributed by atoms with van der Waals surface area (Å²) in [7, 11) is 4.26. The van der Waals surface area contributed by atoms with Crippen LogP contribution in [0.5, 0.6) is 5.75 Å². The normalized spacial score (nSPS) is 21.6. The molecule has 1 saturated heterocycles. The van der Waals surface area contributed by atoms with Crippen LogP contribution in [0.2, 0.25) is 0 Å². The Labute approximate surface area is 378 Å². The number of amides is 3. The molecule has 1 saturated carbocycles. The van der Waals surface area contributed by atoms with Crippen LogP contribution in [0.3, 0.4) is 0 Å². The van der Waals surface area contributed by atoms with Gasteiger partial charge in [-0.15, -0.1) is 0 Å². The van der Waals surface area contributed by atoms with Gasteiger partial charge >= 0.3 is 12.2 Å². The van der Waals surface area contributed by atoms with E-state index < -0.39 is 24.3 Å². The van der Waals surface area contributed by atoms with E-state index in [1.807, 2.05) is 55.3 Å². The topological polar surface area (TPSA) is 190 Å². The van der Waals surface area contributed by atoms with Crippen LogP contribution in [-0.2, 0) is 43.2 Å². The lowest BCUT2D eigenvalue weighted by molar-refractivity contribution is -0.134. The van der Waals surface area contributed by atoms with Gasteiger partial charge in [0.25, 0.3) is 5.91 Å². The molecule has 4 heterocycles. The molecule has 15 heteroatoms. The lowest BCUT2D eigenvalue weighted by atomic mass is 9.80. The molecule has 2 aliphatic carbocycles. The minimum absolute atomic E-state index is 0.0152. The maximum atomic E-state index is 14.4. The molecule has 2 fully saturated rings. The predicted octanol–water partition coefficient (Wildman–Crippen LogP) is 7.84. The van der Waals surface area contributed by atoms with Crippen LogP contribution in [0.4, 0.5) is 9.59 Å². The summed E-state index contributed by atoms with van der Waals surface area (Å²) in [6.45, 7) is 7.30. The number of benzene rings is 3. The number of imidazole rings is 2. The number of aromatic nitrogens is 4. The number of methoxy groups -OCH3 is 3. The first-order valence-corrected chi connectivity index (χ1v) is 22.6. The number of likely N-dealkylation sites (tertiary alicyclic amines) is 1. The summed E-state index contributed by atoms with van der Waals surface area (Å²) in [4.78, 5) is 72.0. The number of hydrogen-bond donors (Lipinski definition) is 4. The Morgan fingerprint density at radius 3 is 2.42 bits per heavy atom. The number of H-pyrrole nitrogens is 2. The van der Waals surface area contributed by atoms with Crippen molar-refractivity contribution in [3.63, 3.8) is 0 Å². The third-order valence-electron chi connectivity index (χ3n) is 13.9. The number of carbonyl (C=O) groups excluding carboxylic acids is 4. The Hall–Kier alpha value is -6.48. The van der Waals surface area contributed by atoms with Gasteiger partial charge in [-0.05, 0) is 90.0 Å². The Morgan fingerprint density at radius 2 is 1.66 bits per heavy atom. The average Bonchev–Trinajstić information content (AvgIpc) is 4.15. The Kier molecular flexibility index (Phi) is 12.2. The molecule has 4 aliphatic rings. The second-order valence-electron chi connectivity index (χ2n) is 18.3. The van der Waals surface area contributed by atoms with Crippen molar-refractivity contribution in [2.75, 3.05) is 34.5 Å². The van der Waals surface area contributed by atoms with E-state index in [0.717, 1.165) is 82.2 Å². The fourth-order valence-electron chi connectivity index (χ4n) is 10.6. The van der Waals surface area contributed by atoms with Gasteiger partial charge in [0.2, 0.25) is 0 Å². The molecule has 4 N–H and O–H groups in total. The first-order valence-electron chi connectivity index (χ1n) is 22.6. The van der Waals surface area contributed by atoms with E-state index in [2.05, 4.69) is 57.9 Å². The van der Waals surface area contributed by atoms with Gasteiger partial charge in [0, 0.05) is 42.5 Å². The molecule has 5 aromatic rings. The standard InChI is InChI=1S/C50H57N7O8/c1-26(2)42(55-49(60)63-5)45(58)41-27(3)12-15-34(41)46-51-22-38(53-46)31-13-16-33-32(19-31)25-65-40-21-35-30(20-36(33)40)14-17-37-44(35)54-47(52-37)39-18-28(24-62-4)23-57(39)48(59)43(56-50(61)64-6)29-10-8-7-9-11-29/h7-11,13,16,19-22,26-28,34,39,41-43H,12,14-15,17-18,23-25H2,1-6H3,(H,51,53)(H,52,54)(H,55,60)(H,56,61)/t27-,28-,34+,39-,41?,42-,43+/m0/s1. The molecular formula is C50H57N7O8. The van der Waals surface area contributed by atoms with Crippen LogP contribution in [-0.4, -0.2) is 89.2 Å². The van der Waals surface area contributed by atoms with Crippen LogP contribution in [0.25, 0.3) is 33.6 Å². The molecule has 1 unspecified atom stereocenters. The van der Waals surface area contributed by atoms with E-state index in [-0.39, 0.29) is 47.3 Å². The third-order valence-corrected chi connectivity index (χ3v) is 13.9. The van der Waals surface area contributed by atoms with E-state index in [0.29, 0.717) is 37.6 Å². The van der Waals surface area contributed by atoms with Gasteiger partial charge in [0.15, 0.2) is 5.78 Å². The van der Waals surface area contributed by atoms with E-state index in [1.165, 1.54) is 19.8 Å². The molecule has 65 heavy (non-hydrogen) atoms. The van der Waals surface area contributed by atoms with Gasteiger partial charge in [-0.3, -0.25) is 9.59 Å². The van der Waals surface area contributed by atoms with E-state index in [9.17, 15) is 19.2 Å². The van der Waals surface area contributed by atoms with Crippen LogP contribution < -0.4 is 15.4 Å². The van der Waals surface area contributed by atoms with Crippen molar-refractivity contribution >= 4 is 23.9 Å². The van der Waals surface area contributed by atoms with Crippen molar-refractivity contribution < 1.29 is 38.1 Å². The monoisotopic (exact) mass is 883 g/mol. The highest BCUT2D eigenvalue weighted by molar-refractivity contribution is 5.91. The number of ketones is 1. The second-order valence-corrected chi connectivity index (χ2v) is 18.3. The zero-order valence-corrected chi connectivity index (χ0v) is 37.7. The lowest BCUT2D eigenvalue weighted by Crippen LogP contribution is -2.48. The third kappa shape index (κ3) is 8.37. The number of nitrogens with zero attached hydrogens (tertiary/aromatic N) is 3. The van der Waals surface area contributed by atoms with Crippen LogP contribution in [0, 0.1) is 23.7 Å². The predicted molar refractivity (Wildman–Crippen MR) is 242 cm³/mol. The highest BCUT2D eigenvalue weighted by Gasteiger charge is 2.45. The summed E-state index contributed by atoms with van der Waals surface area (Å²) in [6.07, 6.45) is 4.45. The minimum Gasteiger partial charge on any atom is -0.488 e. The maximum absolute atomic E-state index is 14.4. The second kappa shape index (κ2) is 18.2. The highest BCUT2D eigenvalue weighted by Crippen LogP contribution is 2.47. The molecule has 0 radical (unpaired) electrons. The van der Waals surface area contributed by atoms with E-state index in [1.54, 1.807) is 7.11 Å². The van der Waals surface area contributed by atoms with Crippen LogP contribution >= 0.6 is 0 Å². The molecule has 0 bridgehead atoms. The maximum Gasteiger partial charge on any atom is 0.407 e. The average molecular weight is 884 g/mol. The van der Waals surface area contributed by atoms with Crippen molar-refractivity contribution in [1.82, 2.24) is 35.5 Å². The van der Waals surface area contributed by atoms with Crippen molar-refractivity contribution in [2.45, 2.75) is 83.5 Å². The Balaban J connectivity index is 0.959. The summed E-state index contributed by atoms with van der Waals surface area (Å²) in [5, 5.41) is 5.53. The fourth-order valence-corrected chi connectivity index (χ4v) is 10.6. The van der Waals surface area contributed by atoms with E-state index in [4.69, 9.17) is 28.9 Å². The highest BCUT2D eigenvalue weighted by atomic mass is 16.5. The zero-order chi connectivity index (χ0) is 45.5. The zero-order valence-electron chi connectivity index (χ0n) is 37.7. The van der Waals surface area contributed by atoms with Crippen molar-refractivity contribution in [3.8, 4) is 39.4 Å². The number of aryl methyl sites for hydroxylation is 2. The largest absolute Gasteiger partial charge is 0.488 e. The van der Waals surface area contributed by atoms with Crippen LogP contribution in [0.1, 0.15) is 92.1 Å². The summed E-state index contributed by atoms with van der Waals surface area (Å²) < 4.78 is 21.8. The molecule has 2 aliphatic heterocycles. The number of nitrogens with one attached hydrogen (secondary N) is 4. The quantitative estimate of drug-likeness (QED) is 0.0961. The van der Waals surface area contributed by atoms with Gasteiger partial charge in [-0.25, -0.2) is 19.6 Å². The first kappa shape index (κ1) is 43.8. The lowest BCUT2D eigenvalue weighted by Gasteiger charge is -2.28.